The zero-order chi connectivity index (χ0) is 19.8. The molecule has 2 aliphatic heterocycles. The van der Waals surface area contributed by atoms with E-state index in [0.717, 1.165) is 28.6 Å². The van der Waals surface area contributed by atoms with Crippen molar-refractivity contribution in [2.45, 2.75) is 37.1 Å². The second kappa shape index (κ2) is 7.45. The molecule has 29 heavy (non-hydrogen) atoms. The summed E-state index contributed by atoms with van der Waals surface area (Å²) in [5, 5.41) is 13.9. The molecule has 2 saturated heterocycles. The summed E-state index contributed by atoms with van der Waals surface area (Å²) in [6.07, 6.45) is 1.38. The van der Waals surface area contributed by atoms with E-state index in [-0.39, 0.29) is 12.1 Å². The van der Waals surface area contributed by atoms with Crippen LogP contribution in [0.15, 0.2) is 66.7 Å². The monoisotopic (exact) mass is 389 g/mol. The molecular weight excluding hydrogens is 362 g/mol. The molecule has 150 valence electrons. The first kappa shape index (κ1) is 18.6. The van der Waals surface area contributed by atoms with Gasteiger partial charge in [0.05, 0.1) is 25.9 Å². The number of rotatable bonds is 4. The number of methoxy groups -OCH3 is 1. The quantitative estimate of drug-likeness (QED) is 0.730. The van der Waals surface area contributed by atoms with Crippen molar-refractivity contribution in [1.29, 1.82) is 0 Å². The van der Waals surface area contributed by atoms with Gasteiger partial charge in [0.25, 0.3) is 0 Å². The average molecular weight is 389 g/mol. The summed E-state index contributed by atoms with van der Waals surface area (Å²) >= 11 is 0. The van der Waals surface area contributed by atoms with Crippen molar-refractivity contribution in [2.75, 3.05) is 20.3 Å². The lowest BCUT2D eigenvalue weighted by molar-refractivity contribution is -0.149. The first-order chi connectivity index (χ1) is 14.1. The van der Waals surface area contributed by atoms with Crippen molar-refractivity contribution >= 4 is 10.8 Å². The van der Waals surface area contributed by atoms with E-state index in [9.17, 15) is 5.11 Å². The van der Waals surface area contributed by atoms with Crippen molar-refractivity contribution in [3.63, 3.8) is 0 Å². The van der Waals surface area contributed by atoms with Gasteiger partial charge < -0.3 is 14.6 Å². The van der Waals surface area contributed by atoms with Crippen LogP contribution in [-0.4, -0.2) is 42.4 Å². The number of piperidine rings is 1. The lowest BCUT2D eigenvalue weighted by Gasteiger charge is -2.52. The molecule has 2 unspecified atom stereocenters. The van der Waals surface area contributed by atoms with Crippen LogP contribution in [0.2, 0.25) is 0 Å². The lowest BCUT2D eigenvalue weighted by Crippen LogP contribution is -2.60. The van der Waals surface area contributed by atoms with E-state index in [1.807, 2.05) is 12.1 Å². The number of aliphatic hydroxyl groups is 1. The highest BCUT2D eigenvalue weighted by Gasteiger charge is 2.46. The van der Waals surface area contributed by atoms with Crippen molar-refractivity contribution in [3.05, 3.63) is 77.9 Å². The van der Waals surface area contributed by atoms with Crippen LogP contribution in [0.3, 0.4) is 0 Å². The van der Waals surface area contributed by atoms with Gasteiger partial charge in [-0.3, -0.25) is 4.90 Å². The Morgan fingerprint density at radius 3 is 2.38 bits per heavy atom. The largest absolute Gasteiger partial charge is 0.497 e. The van der Waals surface area contributed by atoms with Gasteiger partial charge in [0, 0.05) is 18.6 Å². The second-order valence-corrected chi connectivity index (χ2v) is 8.37. The summed E-state index contributed by atoms with van der Waals surface area (Å²) in [4.78, 5) is 2.53. The van der Waals surface area contributed by atoms with Crippen molar-refractivity contribution in [2.24, 2.45) is 0 Å². The van der Waals surface area contributed by atoms with Crippen LogP contribution in [0.5, 0.6) is 5.75 Å². The minimum Gasteiger partial charge on any atom is -0.497 e. The van der Waals surface area contributed by atoms with Crippen LogP contribution in [0.1, 0.15) is 24.0 Å². The van der Waals surface area contributed by atoms with Gasteiger partial charge in [-0.05, 0) is 52.9 Å². The maximum absolute atomic E-state index is 11.7. The smallest absolute Gasteiger partial charge is 0.119 e. The summed E-state index contributed by atoms with van der Waals surface area (Å²) in [6.45, 7) is 2.26. The number of hydrogen-bond acceptors (Lipinski definition) is 4. The molecule has 2 atom stereocenters. The third-order valence-corrected chi connectivity index (χ3v) is 6.50. The van der Waals surface area contributed by atoms with Crippen molar-refractivity contribution < 1.29 is 14.6 Å². The molecule has 2 fully saturated rings. The lowest BCUT2D eigenvalue weighted by atomic mass is 9.76. The fraction of sp³-hybridized carbons (Fsp3) is 0.360. The van der Waals surface area contributed by atoms with Gasteiger partial charge in [-0.25, -0.2) is 0 Å². The normalized spacial score (nSPS) is 27.1. The first-order valence-electron chi connectivity index (χ1n) is 10.3. The summed E-state index contributed by atoms with van der Waals surface area (Å²) in [5.41, 5.74) is 1.50. The SMILES string of the molecule is COc1ccc2cc(C3(O)CC4COCC(C3)N4Cc3ccccc3)ccc2c1. The molecule has 0 aliphatic carbocycles. The maximum Gasteiger partial charge on any atom is 0.119 e. The van der Waals surface area contributed by atoms with E-state index >= 15 is 0 Å². The zero-order valence-corrected chi connectivity index (χ0v) is 16.8. The fourth-order valence-electron chi connectivity index (χ4n) is 4.97. The minimum atomic E-state index is -0.819. The Morgan fingerprint density at radius 2 is 1.66 bits per heavy atom. The molecule has 2 aliphatic rings. The number of morpholine rings is 1. The van der Waals surface area contributed by atoms with Crippen LogP contribution in [0.25, 0.3) is 10.8 Å². The summed E-state index contributed by atoms with van der Waals surface area (Å²) in [6, 6.07) is 23.4. The average Bonchev–Trinajstić information content (AvgIpc) is 2.74. The Kier molecular flexibility index (Phi) is 4.78. The molecule has 0 aromatic heterocycles. The molecule has 4 nitrogen and oxygen atoms in total. The Bertz CT molecular complexity index is 989. The molecule has 0 spiro atoms. The molecular formula is C25H27NO3. The summed E-state index contributed by atoms with van der Waals surface area (Å²) in [5.74, 6) is 0.852. The number of nitrogens with zero attached hydrogens (tertiary/aromatic N) is 1. The number of ether oxygens (including phenoxy) is 2. The molecule has 3 aromatic rings. The van der Waals surface area contributed by atoms with E-state index in [1.54, 1.807) is 7.11 Å². The highest BCUT2D eigenvalue weighted by Crippen LogP contribution is 2.42. The molecule has 1 N–H and O–H groups in total. The number of hydrogen-bond donors (Lipinski definition) is 1. The molecule has 0 saturated carbocycles. The number of fused-ring (bicyclic) bond motifs is 3. The van der Waals surface area contributed by atoms with Crippen molar-refractivity contribution in [1.82, 2.24) is 4.90 Å². The van der Waals surface area contributed by atoms with Crippen LogP contribution in [0, 0.1) is 0 Å². The standard InChI is InChI=1S/C25H27NO3/c1-28-24-10-8-19-11-21(9-7-20(19)12-24)25(27)13-22-16-29-17-23(14-25)26(22)15-18-5-3-2-4-6-18/h2-12,22-23,27H,13-17H2,1H3. The highest BCUT2D eigenvalue weighted by atomic mass is 16.5. The predicted molar refractivity (Wildman–Crippen MR) is 114 cm³/mol. The Balaban J connectivity index is 1.42. The highest BCUT2D eigenvalue weighted by molar-refractivity contribution is 5.84. The Labute approximate surface area is 171 Å². The van der Waals surface area contributed by atoms with E-state index in [2.05, 4.69) is 59.5 Å². The number of benzene rings is 3. The van der Waals surface area contributed by atoms with Crippen LogP contribution in [-0.2, 0) is 16.9 Å². The third kappa shape index (κ3) is 3.52. The van der Waals surface area contributed by atoms with E-state index in [0.29, 0.717) is 26.1 Å². The van der Waals surface area contributed by atoms with Crippen LogP contribution in [0.4, 0.5) is 0 Å². The van der Waals surface area contributed by atoms with Crippen LogP contribution < -0.4 is 4.74 Å². The van der Waals surface area contributed by atoms with Crippen LogP contribution >= 0.6 is 0 Å². The summed E-state index contributed by atoms with van der Waals surface area (Å²) < 4.78 is 11.2. The van der Waals surface area contributed by atoms with Gasteiger partial charge in [0.1, 0.15) is 5.75 Å². The molecule has 5 rings (SSSR count). The third-order valence-electron chi connectivity index (χ3n) is 6.50. The van der Waals surface area contributed by atoms with Gasteiger partial charge in [-0.1, -0.05) is 48.5 Å². The summed E-state index contributed by atoms with van der Waals surface area (Å²) in [7, 11) is 1.68. The van der Waals surface area contributed by atoms with Gasteiger partial charge in [0.15, 0.2) is 0 Å². The fourth-order valence-corrected chi connectivity index (χ4v) is 4.97. The van der Waals surface area contributed by atoms with Crippen molar-refractivity contribution in [3.8, 4) is 5.75 Å². The maximum atomic E-state index is 11.7. The second-order valence-electron chi connectivity index (χ2n) is 8.37. The minimum absolute atomic E-state index is 0.222. The van der Waals surface area contributed by atoms with Gasteiger partial charge in [-0.15, -0.1) is 0 Å². The predicted octanol–water partition coefficient (Wildman–Crippen LogP) is 4.10. The molecule has 4 heteroatoms. The molecule has 0 amide bonds. The molecule has 0 radical (unpaired) electrons. The van der Waals surface area contributed by atoms with E-state index in [4.69, 9.17) is 9.47 Å². The topological polar surface area (TPSA) is 41.9 Å². The Morgan fingerprint density at radius 1 is 0.966 bits per heavy atom. The molecule has 2 bridgehead atoms. The van der Waals surface area contributed by atoms with Gasteiger partial charge in [-0.2, -0.15) is 0 Å². The first-order valence-corrected chi connectivity index (χ1v) is 10.3. The zero-order valence-electron chi connectivity index (χ0n) is 16.8. The molecule has 3 aromatic carbocycles. The van der Waals surface area contributed by atoms with E-state index < -0.39 is 5.60 Å². The Hall–Kier alpha value is -2.40. The van der Waals surface area contributed by atoms with Gasteiger partial charge >= 0.3 is 0 Å². The molecule has 2 heterocycles. The van der Waals surface area contributed by atoms with E-state index in [1.165, 1.54) is 5.56 Å². The van der Waals surface area contributed by atoms with Gasteiger partial charge in [0.2, 0.25) is 0 Å².